The summed E-state index contributed by atoms with van der Waals surface area (Å²) in [5.74, 6) is 2.62. The molecule has 3 aromatic rings. The van der Waals surface area contributed by atoms with Crippen molar-refractivity contribution in [1.82, 2.24) is 19.3 Å². The molecule has 1 aliphatic heterocycles. The van der Waals surface area contributed by atoms with Gasteiger partial charge >= 0.3 is 0 Å². The summed E-state index contributed by atoms with van der Waals surface area (Å²) >= 11 is 0. The van der Waals surface area contributed by atoms with E-state index < -0.39 is 0 Å². The fraction of sp³-hybridized carbons (Fsp3) is 0.409. The number of piperazine rings is 1. The van der Waals surface area contributed by atoms with Crippen LogP contribution in [-0.4, -0.2) is 51.4 Å². The monoisotopic (exact) mass is 375 g/mol. The number of carbonyl (C=O) groups excluding carboxylic acids is 1. The van der Waals surface area contributed by atoms with Crippen molar-refractivity contribution in [3.8, 4) is 0 Å². The number of benzene rings is 1. The second-order valence-electron chi connectivity index (χ2n) is 8.00. The first-order valence-electron chi connectivity index (χ1n) is 10.1. The minimum atomic E-state index is 0.214. The molecule has 3 heterocycles. The third-order valence-corrected chi connectivity index (χ3v) is 5.77. The van der Waals surface area contributed by atoms with Crippen molar-refractivity contribution >= 4 is 17.5 Å². The number of nitrogens with zero attached hydrogens (tertiary/aromatic N) is 5. The highest BCUT2D eigenvalue weighted by molar-refractivity contribution is 5.79. The Hall–Kier alpha value is -2.89. The molecule has 0 bridgehead atoms. The zero-order valence-electron chi connectivity index (χ0n) is 16.2. The number of aromatic nitrogens is 3. The number of fused-ring (bicyclic) bond motifs is 1. The van der Waals surface area contributed by atoms with Gasteiger partial charge in [0, 0.05) is 38.6 Å². The van der Waals surface area contributed by atoms with E-state index in [0.29, 0.717) is 12.2 Å². The van der Waals surface area contributed by atoms with E-state index in [1.165, 1.54) is 18.4 Å². The van der Waals surface area contributed by atoms with Gasteiger partial charge in [-0.15, -0.1) is 0 Å². The highest BCUT2D eigenvalue weighted by Gasteiger charge is 2.24. The smallest absolute Gasteiger partial charge is 0.235 e. The normalized spacial score (nSPS) is 17.3. The van der Waals surface area contributed by atoms with Gasteiger partial charge < -0.3 is 9.80 Å². The van der Waals surface area contributed by atoms with Gasteiger partial charge in [-0.05, 0) is 42.4 Å². The molecule has 2 fully saturated rings. The van der Waals surface area contributed by atoms with Crippen LogP contribution < -0.4 is 4.90 Å². The van der Waals surface area contributed by atoms with E-state index >= 15 is 0 Å². The van der Waals surface area contributed by atoms with E-state index in [9.17, 15) is 4.79 Å². The maximum Gasteiger partial charge on any atom is 0.235 e. The molecule has 6 nitrogen and oxygen atoms in total. The SMILES string of the molecule is Cc1cnc2nc(N3CCN(C(=O)Cc4ccc(C5CC5)cc4)CC3)cn2c1. The van der Waals surface area contributed by atoms with Gasteiger partial charge in [0.1, 0.15) is 5.82 Å². The quantitative estimate of drug-likeness (QED) is 0.704. The molecule has 1 amide bonds. The van der Waals surface area contributed by atoms with Crippen LogP contribution in [0.4, 0.5) is 5.82 Å². The lowest BCUT2D eigenvalue weighted by Gasteiger charge is -2.34. The second kappa shape index (κ2) is 6.93. The average molecular weight is 375 g/mol. The van der Waals surface area contributed by atoms with Crippen molar-refractivity contribution in [3.63, 3.8) is 0 Å². The molecule has 144 valence electrons. The number of anilines is 1. The van der Waals surface area contributed by atoms with Crippen LogP contribution in [0, 0.1) is 6.92 Å². The molecule has 2 aromatic heterocycles. The summed E-state index contributed by atoms with van der Waals surface area (Å²) in [4.78, 5) is 25.9. The maximum absolute atomic E-state index is 12.7. The van der Waals surface area contributed by atoms with Crippen molar-refractivity contribution in [2.75, 3.05) is 31.1 Å². The van der Waals surface area contributed by atoms with Crippen LogP contribution in [0.2, 0.25) is 0 Å². The zero-order chi connectivity index (χ0) is 19.1. The largest absolute Gasteiger partial charge is 0.352 e. The molecule has 0 radical (unpaired) electrons. The van der Waals surface area contributed by atoms with E-state index in [0.717, 1.165) is 49.0 Å². The van der Waals surface area contributed by atoms with Crippen LogP contribution in [-0.2, 0) is 11.2 Å². The Morgan fingerprint density at radius 1 is 1.07 bits per heavy atom. The van der Waals surface area contributed by atoms with Gasteiger partial charge in [-0.25, -0.2) is 4.98 Å². The summed E-state index contributed by atoms with van der Waals surface area (Å²) < 4.78 is 1.97. The van der Waals surface area contributed by atoms with Gasteiger partial charge in [0.2, 0.25) is 11.7 Å². The zero-order valence-corrected chi connectivity index (χ0v) is 16.2. The Morgan fingerprint density at radius 3 is 2.54 bits per heavy atom. The highest BCUT2D eigenvalue weighted by atomic mass is 16.2. The van der Waals surface area contributed by atoms with Crippen molar-refractivity contribution in [1.29, 1.82) is 0 Å². The summed E-state index contributed by atoms with van der Waals surface area (Å²) in [6, 6.07) is 8.62. The lowest BCUT2D eigenvalue weighted by Crippen LogP contribution is -2.49. The van der Waals surface area contributed by atoms with Crippen molar-refractivity contribution in [2.24, 2.45) is 0 Å². The molecule has 0 N–H and O–H groups in total. The molecule has 6 heteroatoms. The summed E-state index contributed by atoms with van der Waals surface area (Å²) in [6.07, 6.45) is 9.00. The van der Waals surface area contributed by atoms with E-state index in [1.807, 2.05) is 34.8 Å². The number of amides is 1. The molecular weight excluding hydrogens is 350 g/mol. The number of hydrogen-bond acceptors (Lipinski definition) is 4. The molecule has 2 aliphatic rings. The Kier molecular flexibility index (Phi) is 4.26. The number of aryl methyl sites for hydroxylation is 1. The fourth-order valence-electron chi connectivity index (χ4n) is 3.92. The molecule has 5 rings (SSSR count). The van der Waals surface area contributed by atoms with Crippen molar-refractivity contribution in [3.05, 3.63) is 59.5 Å². The number of hydrogen-bond donors (Lipinski definition) is 0. The number of carbonyl (C=O) groups is 1. The third-order valence-electron chi connectivity index (χ3n) is 5.77. The van der Waals surface area contributed by atoms with Crippen LogP contribution in [0.25, 0.3) is 5.78 Å². The van der Waals surface area contributed by atoms with E-state index in [4.69, 9.17) is 0 Å². The average Bonchev–Trinajstić information content (AvgIpc) is 3.48. The lowest BCUT2D eigenvalue weighted by molar-refractivity contribution is -0.130. The summed E-state index contributed by atoms with van der Waals surface area (Å²) in [7, 11) is 0. The van der Waals surface area contributed by atoms with E-state index in [2.05, 4.69) is 39.1 Å². The summed E-state index contributed by atoms with van der Waals surface area (Å²) in [5, 5.41) is 0. The van der Waals surface area contributed by atoms with Crippen molar-refractivity contribution in [2.45, 2.75) is 32.1 Å². The van der Waals surface area contributed by atoms with Crippen LogP contribution in [0.15, 0.2) is 42.9 Å². The van der Waals surface area contributed by atoms with Gasteiger partial charge in [0.05, 0.1) is 12.6 Å². The van der Waals surface area contributed by atoms with E-state index in [1.54, 1.807) is 0 Å². The van der Waals surface area contributed by atoms with Crippen molar-refractivity contribution < 1.29 is 4.79 Å². The fourth-order valence-corrected chi connectivity index (χ4v) is 3.92. The van der Waals surface area contributed by atoms with Crippen LogP contribution >= 0.6 is 0 Å². The molecule has 1 aromatic carbocycles. The van der Waals surface area contributed by atoms with Crippen LogP contribution in [0.3, 0.4) is 0 Å². The lowest BCUT2D eigenvalue weighted by atomic mass is 10.1. The first kappa shape index (κ1) is 17.2. The maximum atomic E-state index is 12.7. The Bertz CT molecular complexity index is 997. The predicted molar refractivity (Wildman–Crippen MR) is 109 cm³/mol. The van der Waals surface area contributed by atoms with Crippen LogP contribution in [0.1, 0.15) is 35.4 Å². The van der Waals surface area contributed by atoms with Gasteiger partial charge in [-0.3, -0.25) is 9.20 Å². The summed E-state index contributed by atoms with van der Waals surface area (Å²) in [5.41, 5.74) is 3.64. The first-order chi connectivity index (χ1) is 13.7. The molecular formula is C22H25N5O. The Labute approximate surface area is 164 Å². The first-order valence-corrected chi connectivity index (χ1v) is 10.1. The molecule has 0 spiro atoms. The van der Waals surface area contributed by atoms with Gasteiger partial charge in [0.15, 0.2) is 0 Å². The molecule has 0 unspecified atom stereocenters. The topological polar surface area (TPSA) is 53.7 Å². The number of rotatable bonds is 4. The minimum Gasteiger partial charge on any atom is -0.352 e. The molecule has 1 aliphatic carbocycles. The third kappa shape index (κ3) is 3.46. The molecule has 28 heavy (non-hydrogen) atoms. The van der Waals surface area contributed by atoms with Gasteiger partial charge in [0.25, 0.3) is 0 Å². The molecule has 1 saturated carbocycles. The molecule has 1 saturated heterocycles. The predicted octanol–water partition coefficient (Wildman–Crippen LogP) is 2.81. The summed E-state index contributed by atoms with van der Waals surface area (Å²) in [6.45, 7) is 5.10. The van der Waals surface area contributed by atoms with Crippen LogP contribution in [0.5, 0.6) is 0 Å². The second-order valence-corrected chi connectivity index (χ2v) is 8.00. The van der Waals surface area contributed by atoms with E-state index in [-0.39, 0.29) is 5.91 Å². The van der Waals surface area contributed by atoms with Gasteiger partial charge in [-0.1, -0.05) is 24.3 Å². The Balaban J connectivity index is 1.19. The Morgan fingerprint density at radius 2 is 1.82 bits per heavy atom. The minimum absolute atomic E-state index is 0.214. The van der Waals surface area contributed by atoms with Gasteiger partial charge in [-0.2, -0.15) is 4.98 Å². The highest BCUT2D eigenvalue weighted by Crippen LogP contribution is 2.39. The standard InChI is InChI=1S/C22H25N5O/c1-16-13-23-22-24-20(15-27(22)14-16)25-8-10-26(11-9-25)21(28)12-17-2-4-18(5-3-17)19-6-7-19/h2-5,13-15,19H,6-12H2,1H3. The number of imidazole rings is 1. The molecule has 0 atom stereocenters.